The first-order valence-electron chi connectivity index (χ1n) is 4.09. The molecule has 1 aromatic carbocycles. The molecule has 72 valence electrons. The van der Waals surface area contributed by atoms with Crippen LogP contribution in [0.3, 0.4) is 0 Å². The molecule has 0 aliphatic heterocycles. The Morgan fingerprint density at radius 2 is 2.29 bits per heavy atom. The zero-order valence-corrected chi connectivity index (χ0v) is 8.38. The lowest BCUT2D eigenvalue weighted by molar-refractivity contribution is 0.475. The van der Waals surface area contributed by atoms with Crippen LogP contribution in [0.5, 0.6) is 5.75 Å². The Morgan fingerprint density at radius 3 is 2.86 bits per heavy atom. The number of benzene rings is 1. The van der Waals surface area contributed by atoms with E-state index in [1.165, 1.54) is 0 Å². The van der Waals surface area contributed by atoms with Crippen LogP contribution in [0.4, 0.5) is 0 Å². The summed E-state index contributed by atoms with van der Waals surface area (Å²) in [5.41, 5.74) is 0.833. The summed E-state index contributed by atoms with van der Waals surface area (Å²) in [6, 6.07) is 6.89. The van der Waals surface area contributed by atoms with Crippen LogP contribution in [0.1, 0.15) is 0 Å². The maximum Gasteiger partial charge on any atom is 0.195 e. The SMILES string of the molecule is Cn1c(-c2cccc(O)c2)n[nH]c1=S. The average Bonchev–Trinajstić information content (AvgIpc) is 2.48. The van der Waals surface area contributed by atoms with Gasteiger partial charge in [-0.2, -0.15) is 5.10 Å². The van der Waals surface area contributed by atoms with Gasteiger partial charge in [-0.05, 0) is 24.4 Å². The molecule has 1 aromatic heterocycles. The third-order valence-electron chi connectivity index (χ3n) is 1.98. The van der Waals surface area contributed by atoms with Crippen LogP contribution in [0.2, 0.25) is 0 Å². The van der Waals surface area contributed by atoms with Gasteiger partial charge in [0, 0.05) is 12.6 Å². The molecule has 2 rings (SSSR count). The Balaban J connectivity index is 2.60. The summed E-state index contributed by atoms with van der Waals surface area (Å²) in [4.78, 5) is 0. The van der Waals surface area contributed by atoms with E-state index in [9.17, 15) is 5.11 Å². The van der Waals surface area contributed by atoms with Crippen LogP contribution in [0, 0.1) is 4.77 Å². The number of nitrogens with zero attached hydrogens (tertiary/aromatic N) is 2. The van der Waals surface area contributed by atoms with E-state index in [0.29, 0.717) is 10.6 Å². The number of aromatic nitrogens is 3. The first kappa shape index (κ1) is 8.96. The molecule has 0 spiro atoms. The molecule has 0 unspecified atom stereocenters. The third kappa shape index (κ3) is 1.42. The van der Waals surface area contributed by atoms with Gasteiger partial charge in [-0.25, -0.2) is 0 Å². The van der Waals surface area contributed by atoms with Gasteiger partial charge in [0.25, 0.3) is 0 Å². The van der Waals surface area contributed by atoms with Crippen LogP contribution in [0.25, 0.3) is 11.4 Å². The Kier molecular flexibility index (Phi) is 2.09. The second kappa shape index (κ2) is 3.26. The minimum atomic E-state index is 0.219. The van der Waals surface area contributed by atoms with Gasteiger partial charge in [0.2, 0.25) is 0 Å². The molecular weight excluding hydrogens is 198 g/mol. The predicted molar refractivity (Wildman–Crippen MR) is 55.5 cm³/mol. The second-order valence-corrected chi connectivity index (χ2v) is 3.35. The normalized spacial score (nSPS) is 10.4. The van der Waals surface area contributed by atoms with Crippen molar-refractivity contribution >= 4 is 12.2 Å². The molecule has 2 aromatic rings. The minimum absolute atomic E-state index is 0.219. The van der Waals surface area contributed by atoms with Crippen LogP contribution >= 0.6 is 12.2 Å². The Morgan fingerprint density at radius 1 is 1.50 bits per heavy atom. The molecule has 0 atom stereocenters. The van der Waals surface area contributed by atoms with Gasteiger partial charge in [-0.15, -0.1) is 0 Å². The molecule has 0 bridgehead atoms. The molecule has 0 aliphatic rings. The Bertz CT molecular complexity index is 515. The highest BCUT2D eigenvalue weighted by atomic mass is 32.1. The molecule has 2 N–H and O–H groups in total. The summed E-state index contributed by atoms with van der Waals surface area (Å²) in [5, 5.41) is 16.0. The van der Waals surface area contributed by atoms with E-state index in [-0.39, 0.29) is 5.75 Å². The van der Waals surface area contributed by atoms with Crippen molar-refractivity contribution in [3.05, 3.63) is 29.0 Å². The van der Waals surface area contributed by atoms with Crippen molar-refractivity contribution in [1.82, 2.24) is 14.8 Å². The van der Waals surface area contributed by atoms with Gasteiger partial charge in [-0.3, -0.25) is 5.10 Å². The summed E-state index contributed by atoms with van der Waals surface area (Å²) >= 11 is 4.99. The maximum atomic E-state index is 9.30. The fraction of sp³-hybridized carbons (Fsp3) is 0.111. The lowest BCUT2D eigenvalue weighted by atomic mass is 10.2. The number of nitrogens with one attached hydrogen (secondary N) is 1. The van der Waals surface area contributed by atoms with Crippen LogP contribution < -0.4 is 0 Å². The largest absolute Gasteiger partial charge is 0.508 e. The third-order valence-corrected chi connectivity index (χ3v) is 2.35. The first-order valence-corrected chi connectivity index (χ1v) is 4.50. The lowest BCUT2D eigenvalue weighted by Gasteiger charge is -2.00. The van der Waals surface area contributed by atoms with E-state index < -0.39 is 0 Å². The van der Waals surface area contributed by atoms with Crippen molar-refractivity contribution in [1.29, 1.82) is 0 Å². The molecule has 14 heavy (non-hydrogen) atoms. The van der Waals surface area contributed by atoms with Crippen LogP contribution in [-0.4, -0.2) is 19.9 Å². The van der Waals surface area contributed by atoms with Gasteiger partial charge < -0.3 is 9.67 Å². The van der Waals surface area contributed by atoms with Crippen molar-refractivity contribution in [3.8, 4) is 17.1 Å². The molecule has 0 saturated heterocycles. The number of rotatable bonds is 1. The predicted octanol–water partition coefficient (Wildman–Crippen LogP) is 1.85. The van der Waals surface area contributed by atoms with E-state index in [1.807, 2.05) is 13.1 Å². The molecule has 0 fully saturated rings. The smallest absolute Gasteiger partial charge is 0.195 e. The Labute approximate surface area is 85.8 Å². The van der Waals surface area contributed by atoms with Crippen molar-refractivity contribution < 1.29 is 5.11 Å². The van der Waals surface area contributed by atoms with Crippen LogP contribution in [0.15, 0.2) is 24.3 Å². The lowest BCUT2D eigenvalue weighted by Crippen LogP contribution is -1.91. The quantitative estimate of drug-likeness (QED) is 0.702. The zero-order chi connectivity index (χ0) is 10.1. The van der Waals surface area contributed by atoms with E-state index in [1.54, 1.807) is 22.8 Å². The van der Waals surface area contributed by atoms with Gasteiger partial charge >= 0.3 is 0 Å². The second-order valence-electron chi connectivity index (χ2n) is 2.96. The highest BCUT2D eigenvalue weighted by Gasteiger charge is 2.05. The van der Waals surface area contributed by atoms with E-state index in [0.717, 1.165) is 5.56 Å². The standard InChI is InChI=1S/C9H9N3OS/c1-12-8(10-11-9(12)14)6-3-2-4-7(13)5-6/h2-5,13H,1H3,(H,11,14). The molecule has 0 amide bonds. The highest BCUT2D eigenvalue weighted by Crippen LogP contribution is 2.20. The molecule has 0 aliphatic carbocycles. The van der Waals surface area contributed by atoms with Crippen molar-refractivity contribution in [2.45, 2.75) is 0 Å². The van der Waals surface area contributed by atoms with Crippen molar-refractivity contribution in [2.24, 2.45) is 7.05 Å². The van der Waals surface area contributed by atoms with E-state index in [4.69, 9.17) is 12.2 Å². The minimum Gasteiger partial charge on any atom is -0.508 e. The van der Waals surface area contributed by atoms with E-state index in [2.05, 4.69) is 10.2 Å². The number of aromatic amines is 1. The number of hydrogen-bond donors (Lipinski definition) is 2. The van der Waals surface area contributed by atoms with Crippen molar-refractivity contribution in [2.75, 3.05) is 0 Å². The zero-order valence-electron chi connectivity index (χ0n) is 7.56. The Hall–Kier alpha value is -1.62. The van der Waals surface area contributed by atoms with Crippen molar-refractivity contribution in [3.63, 3.8) is 0 Å². The number of phenolic OH excluding ortho intramolecular Hbond substituents is 1. The number of phenols is 1. The van der Waals surface area contributed by atoms with E-state index >= 15 is 0 Å². The van der Waals surface area contributed by atoms with Gasteiger partial charge in [0.15, 0.2) is 10.6 Å². The molecule has 0 saturated carbocycles. The first-order chi connectivity index (χ1) is 6.68. The molecule has 0 radical (unpaired) electrons. The summed E-state index contributed by atoms with van der Waals surface area (Å²) < 4.78 is 2.31. The monoisotopic (exact) mass is 207 g/mol. The molecule has 5 heteroatoms. The summed E-state index contributed by atoms with van der Waals surface area (Å²) in [6.07, 6.45) is 0. The molecule has 4 nitrogen and oxygen atoms in total. The van der Waals surface area contributed by atoms with Gasteiger partial charge in [0.05, 0.1) is 0 Å². The van der Waals surface area contributed by atoms with Gasteiger partial charge in [0.1, 0.15) is 5.75 Å². The van der Waals surface area contributed by atoms with Gasteiger partial charge in [-0.1, -0.05) is 12.1 Å². The van der Waals surface area contributed by atoms with Crippen LogP contribution in [-0.2, 0) is 7.05 Å². The fourth-order valence-electron chi connectivity index (χ4n) is 1.25. The average molecular weight is 207 g/mol. The summed E-state index contributed by atoms with van der Waals surface area (Å²) in [6.45, 7) is 0. The summed E-state index contributed by atoms with van der Waals surface area (Å²) in [7, 11) is 1.82. The maximum absolute atomic E-state index is 9.30. The molecule has 1 heterocycles. The fourth-order valence-corrected chi connectivity index (χ4v) is 1.38. The number of aromatic hydroxyl groups is 1. The molecular formula is C9H9N3OS. The number of hydrogen-bond acceptors (Lipinski definition) is 3. The topological polar surface area (TPSA) is 53.8 Å². The highest BCUT2D eigenvalue weighted by molar-refractivity contribution is 7.71. The summed E-state index contributed by atoms with van der Waals surface area (Å²) in [5.74, 6) is 0.933. The number of H-pyrrole nitrogens is 1.